The lowest BCUT2D eigenvalue weighted by molar-refractivity contribution is -0.117. The number of alkyl halides is 3. The Kier molecular flexibility index (Phi) is 4.36. The lowest BCUT2D eigenvalue weighted by Crippen LogP contribution is -2.43. The van der Waals surface area contributed by atoms with E-state index < -0.39 is 5.51 Å². The largest absolute Gasteiger partial charge is 0.446 e. The first-order chi connectivity index (χ1) is 8.94. The molecule has 2 rings (SSSR count). The van der Waals surface area contributed by atoms with E-state index in [-0.39, 0.29) is 34.2 Å². The molecule has 0 radical (unpaired) electrons. The highest BCUT2D eigenvalue weighted by Crippen LogP contribution is 2.40. The number of benzene rings is 1. The minimum atomic E-state index is -4.36. The van der Waals surface area contributed by atoms with Gasteiger partial charge in [-0.3, -0.25) is 4.79 Å². The first kappa shape index (κ1) is 14.2. The Morgan fingerprint density at radius 1 is 1.37 bits per heavy atom. The molecule has 0 spiro atoms. The Hall–Kier alpha value is -1.21. The summed E-state index contributed by atoms with van der Waals surface area (Å²) >= 11 is -0.219. The average Bonchev–Trinajstić information content (AvgIpc) is 2.24. The van der Waals surface area contributed by atoms with Crippen LogP contribution in [0.5, 0.6) is 0 Å². The first-order valence-electron chi connectivity index (χ1n) is 5.79. The number of anilines is 1. The van der Waals surface area contributed by atoms with Crippen LogP contribution in [-0.2, 0) is 4.79 Å². The fraction of sp³-hybridized carbons (Fsp3) is 0.417. The van der Waals surface area contributed by atoms with Crippen LogP contribution in [0.4, 0.5) is 18.9 Å². The summed E-state index contributed by atoms with van der Waals surface area (Å²) in [5.41, 5.74) is -4.15. The van der Waals surface area contributed by atoms with Gasteiger partial charge in [-0.25, -0.2) is 0 Å². The predicted molar refractivity (Wildman–Crippen MR) is 68.0 cm³/mol. The molecule has 0 unspecified atom stereocenters. The number of rotatable bonds is 4. The predicted octanol–water partition coefficient (Wildman–Crippen LogP) is 2.85. The molecule has 1 aliphatic rings. The van der Waals surface area contributed by atoms with Crippen molar-refractivity contribution in [1.29, 1.82) is 0 Å². The maximum atomic E-state index is 12.4. The summed E-state index contributed by atoms with van der Waals surface area (Å²) in [7, 11) is 0. The van der Waals surface area contributed by atoms with Crippen molar-refractivity contribution in [3.8, 4) is 0 Å². The van der Waals surface area contributed by atoms with Crippen LogP contribution < -0.4 is 10.6 Å². The van der Waals surface area contributed by atoms with Gasteiger partial charge in [0.2, 0.25) is 5.91 Å². The van der Waals surface area contributed by atoms with Gasteiger partial charge in [0.1, 0.15) is 0 Å². The van der Waals surface area contributed by atoms with Crippen LogP contribution in [0.1, 0.15) is 6.42 Å². The molecule has 1 amide bonds. The van der Waals surface area contributed by atoms with Crippen LogP contribution >= 0.6 is 11.8 Å². The second kappa shape index (κ2) is 5.83. The minimum Gasteiger partial charge on any atom is -0.325 e. The normalized spacial score (nSPS) is 15.9. The van der Waals surface area contributed by atoms with Gasteiger partial charge in [-0.05, 0) is 42.9 Å². The number of carbonyl (C=O) groups excluding carboxylic acids is 1. The van der Waals surface area contributed by atoms with Crippen molar-refractivity contribution < 1.29 is 18.0 Å². The number of halogens is 3. The van der Waals surface area contributed by atoms with Gasteiger partial charge < -0.3 is 10.6 Å². The second-order valence-corrected chi connectivity index (χ2v) is 5.43. The second-order valence-electron chi connectivity index (χ2n) is 4.32. The van der Waals surface area contributed by atoms with Crippen LogP contribution in [0.25, 0.3) is 0 Å². The van der Waals surface area contributed by atoms with E-state index in [1.165, 1.54) is 18.2 Å². The first-order valence-corrected chi connectivity index (χ1v) is 6.61. The summed E-state index contributed by atoms with van der Waals surface area (Å²) in [6.07, 6.45) is 0.331. The molecule has 2 N–H and O–H groups in total. The molecule has 0 saturated carbocycles. The maximum absolute atomic E-state index is 12.4. The summed E-state index contributed by atoms with van der Waals surface area (Å²) in [4.78, 5) is 11.7. The fourth-order valence-corrected chi connectivity index (χ4v) is 2.36. The molecular formula is C12H13F3N2OS. The molecule has 1 saturated heterocycles. The summed E-state index contributed by atoms with van der Waals surface area (Å²) < 4.78 is 37.1. The van der Waals surface area contributed by atoms with E-state index in [0.29, 0.717) is 6.42 Å². The highest BCUT2D eigenvalue weighted by atomic mass is 32.2. The lowest BCUT2D eigenvalue weighted by Gasteiger charge is -2.26. The van der Waals surface area contributed by atoms with Crippen molar-refractivity contribution in [2.45, 2.75) is 16.8 Å². The summed E-state index contributed by atoms with van der Waals surface area (Å²) in [6, 6.07) is 5.93. The Bertz CT molecular complexity index is 461. The van der Waals surface area contributed by atoms with Crippen molar-refractivity contribution >= 4 is 23.4 Å². The Morgan fingerprint density at radius 2 is 2.05 bits per heavy atom. The van der Waals surface area contributed by atoms with Gasteiger partial charge in [0.25, 0.3) is 0 Å². The Morgan fingerprint density at radius 3 is 2.63 bits per heavy atom. The van der Waals surface area contributed by atoms with Crippen LogP contribution in [-0.4, -0.2) is 24.5 Å². The molecule has 1 heterocycles. The third-order valence-corrected chi connectivity index (χ3v) is 3.53. The molecule has 0 bridgehead atoms. The van der Waals surface area contributed by atoms with Gasteiger partial charge >= 0.3 is 5.51 Å². The molecule has 0 aliphatic carbocycles. The molecule has 104 valence electrons. The molecular weight excluding hydrogens is 277 g/mol. The van der Waals surface area contributed by atoms with E-state index in [9.17, 15) is 18.0 Å². The number of hydrogen-bond donors (Lipinski definition) is 2. The van der Waals surface area contributed by atoms with Gasteiger partial charge in [0.05, 0.1) is 5.69 Å². The van der Waals surface area contributed by atoms with Gasteiger partial charge in [0, 0.05) is 11.3 Å². The molecule has 7 heteroatoms. The Labute approximate surface area is 112 Å². The van der Waals surface area contributed by atoms with Crippen molar-refractivity contribution in [2.24, 2.45) is 5.92 Å². The number of amides is 1. The Balaban J connectivity index is 2.00. The number of nitrogens with one attached hydrogen (secondary N) is 2. The monoisotopic (exact) mass is 290 g/mol. The smallest absolute Gasteiger partial charge is 0.325 e. The molecule has 0 aromatic heterocycles. The molecule has 1 aliphatic heterocycles. The lowest BCUT2D eigenvalue weighted by atomic mass is 9.99. The van der Waals surface area contributed by atoms with E-state index in [0.717, 1.165) is 13.1 Å². The van der Waals surface area contributed by atoms with Crippen molar-refractivity contribution in [1.82, 2.24) is 5.32 Å². The number of para-hydroxylation sites is 1. The van der Waals surface area contributed by atoms with E-state index in [1.54, 1.807) is 6.07 Å². The van der Waals surface area contributed by atoms with Crippen molar-refractivity contribution in [2.75, 3.05) is 18.4 Å². The van der Waals surface area contributed by atoms with E-state index in [1.807, 2.05) is 0 Å². The molecule has 0 atom stereocenters. The maximum Gasteiger partial charge on any atom is 0.446 e. The highest BCUT2D eigenvalue weighted by Gasteiger charge is 2.30. The summed E-state index contributed by atoms with van der Waals surface area (Å²) in [5, 5.41) is 5.58. The van der Waals surface area contributed by atoms with Crippen LogP contribution in [0.2, 0.25) is 0 Å². The molecule has 3 nitrogen and oxygen atoms in total. The molecule has 1 fully saturated rings. The SMILES string of the molecule is O=C(CC1CNC1)Nc1ccccc1SC(F)(F)F. The van der Waals surface area contributed by atoms with Crippen molar-refractivity contribution in [3.63, 3.8) is 0 Å². The quantitative estimate of drug-likeness (QED) is 0.838. The zero-order chi connectivity index (χ0) is 13.9. The van der Waals surface area contributed by atoms with Gasteiger partial charge in [-0.2, -0.15) is 13.2 Å². The van der Waals surface area contributed by atoms with Crippen molar-refractivity contribution in [3.05, 3.63) is 24.3 Å². The van der Waals surface area contributed by atoms with Crippen LogP contribution in [0.3, 0.4) is 0 Å². The molecule has 19 heavy (non-hydrogen) atoms. The third kappa shape index (κ3) is 4.43. The average molecular weight is 290 g/mol. The van der Waals surface area contributed by atoms with Gasteiger partial charge in [-0.15, -0.1) is 0 Å². The zero-order valence-corrected chi connectivity index (χ0v) is 10.8. The van der Waals surface area contributed by atoms with E-state index in [4.69, 9.17) is 0 Å². The van der Waals surface area contributed by atoms with E-state index >= 15 is 0 Å². The van der Waals surface area contributed by atoms with E-state index in [2.05, 4.69) is 10.6 Å². The minimum absolute atomic E-state index is 0.00934. The summed E-state index contributed by atoms with van der Waals surface area (Å²) in [5.74, 6) is 0.0316. The fourth-order valence-electron chi connectivity index (χ4n) is 1.74. The zero-order valence-electron chi connectivity index (χ0n) is 9.96. The molecule has 1 aromatic rings. The summed E-state index contributed by atoms with van der Waals surface area (Å²) in [6.45, 7) is 1.57. The topological polar surface area (TPSA) is 41.1 Å². The standard InChI is InChI=1S/C12H13F3N2OS/c13-12(14,15)19-10-4-2-1-3-9(10)17-11(18)5-8-6-16-7-8/h1-4,8,16H,5-7H2,(H,17,18). The number of thioether (sulfide) groups is 1. The molecule has 1 aromatic carbocycles. The van der Waals surface area contributed by atoms with Crippen LogP contribution in [0.15, 0.2) is 29.2 Å². The van der Waals surface area contributed by atoms with Crippen LogP contribution in [0, 0.1) is 5.92 Å². The third-order valence-electron chi connectivity index (χ3n) is 2.73. The van der Waals surface area contributed by atoms with Gasteiger partial charge in [-0.1, -0.05) is 12.1 Å². The highest BCUT2D eigenvalue weighted by molar-refractivity contribution is 8.00. The van der Waals surface area contributed by atoms with Gasteiger partial charge in [0.15, 0.2) is 0 Å². The number of carbonyl (C=O) groups is 1. The number of hydrogen-bond acceptors (Lipinski definition) is 3.